The SMILES string of the molecule is CCC1CC2CCC(C1)N2C(=O)OCCF. The van der Waals surface area contributed by atoms with E-state index in [4.69, 9.17) is 4.74 Å². The van der Waals surface area contributed by atoms with E-state index in [-0.39, 0.29) is 12.7 Å². The number of fused-ring (bicyclic) bond motifs is 2. The molecule has 3 nitrogen and oxygen atoms in total. The van der Waals surface area contributed by atoms with Gasteiger partial charge in [-0.1, -0.05) is 13.3 Å². The zero-order valence-electron chi connectivity index (χ0n) is 9.82. The summed E-state index contributed by atoms with van der Waals surface area (Å²) in [5.74, 6) is 0.753. The third-order valence-electron chi connectivity index (χ3n) is 3.92. The fourth-order valence-electron chi connectivity index (χ4n) is 3.12. The number of carbonyl (C=O) groups is 1. The van der Waals surface area contributed by atoms with E-state index in [2.05, 4.69) is 6.92 Å². The van der Waals surface area contributed by atoms with Gasteiger partial charge >= 0.3 is 6.09 Å². The predicted molar refractivity (Wildman–Crippen MR) is 59.0 cm³/mol. The monoisotopic (exact) mass is 229 g/mol. The summed E-state index contributed by atoms with van der Waals surface area (Å²) >= 11 is 0. The maximum atomic E-state index is 12.0. The first-order valence-electron chi connectivity index (χ1n) is 6.27. The van der Waals surface area contributed by atoms with Gasteiger partial charge in [0.1, 0.15) is 13.3 Å². The van der Waals surface area contributed by atoms with Crippen LogP contribution in [0.5, 0.6) is 0 Å². The van der Waals surface area contributed by atoms with Crippen molar-refractivity contribution in [3.05, 3.63) is 0 Å². The number of hydrogen-bond donors (Lipinski definition) is 0. The van der Waals surface area contributed by atoms with Crippen molar-refractivity contribution in [3.63, 3.8) is 0 Å². The summed E-state index contributed by atoms with van der Waals surface area (Å²) in [6, 6.07) is 0.687. The maximum absolute atomic E-state index is 12.0. The number of amides is 1. The molecule has 16 heavy (non-hydrogen) atoms. The maximum Gasteiger partial charge on any atom is 0.410 e. The third-order valence-corrected chi connectivity index (χ3v) is 3.92. The van der Waals surface area contributed by atoms with E-state index >= 15 is 0 Å². The molecule has 0 aromatic heterocycles. The molecule has 2 rings (SSSR count). The summed E-state index contributed by atoms with van der Waals surface area (Å²) in [6.45, 7) is 1.51. The van der Waals surface area contributed by atoms with Crippen LogP contribution in [0.2, 0.25) is 0 Å². The lowest BCUT2D eigenvalue weighted by Gasteiger charge is -2.37. The molecule has 0 saturated carbocycles. The fraction of sp³-hybridized carbons (Fsp3) is 0.917. The first-order chi connectivity index (χ1) is 7.76. The van der Waals surface area contributed by atoms with Crippen LogP contribution in [-0.4, -0.2) is 36.4 Å². The van der Waals surface area contributed by atoms with Crippen LogP contribution >= 0.6 is 0 Å². The summed E-state index contributed by atoms with van der Waals surface area (Å²) in [5, 5.41) is 0. The Bertz CT molecular complexity index is 245. The molecule has 2 heterocycles. The molecule has 0 spiro atoms. The number of halogens is 1. The van der Waals surface area contributed by atoms with Gasteiger partial charge in [-0.05, 0) is 31.6 Å². The lowest BCUT2D eigenvalue weighted by molar-refractivity contribution is 0.0536. The van der Waals surface area contributed by atoms with Crippen molar-refractivity contribution in [1.29, 1.82) is 0 Å². The molecule has 0 radical (unpaired) electrons. The molecule has 4 heteroatoms. The molecule has 0 N–H and O–H groups in total. The summed E-state index contributed by atoms with van der Waals surface area (Å²) in [4.78, 5) is 13.6. The highest BCUT2D eigenvalue weighted by Crippen LogP contribution is 2.39. The van der Waals surface area contributed by atoms with Crippen LogP contribution in [0.1, 0.15) is 39.0 Å². The molecule has 2 aliphatic rings. The summed E-state index contributed by atoms with van der Waals surface area (Å²) in [6.07, 6.45) is 5.26. The average molecular weight is 229 g/mol. The quantitative estimate of drug-likeness (QED) is 0.744. The van der Waals surface area contributed by atoms with E-state index in [1.165, 1.54) is 6.42 Å². The van der Waals surface area contributed by atoms with Crippen LogP contribution in [0, 0.1) is 5.92 Å². The average Bonchev–Trinajstić information content (AvgIpc) is 2.57. The minimum atomic E-state index is -0.591. The molecule has 92 valence electrons. The van der Waals surface area contributed by atoms with Crippen LogP contribution in [0.3, 0.4) is 0 Å². The van der Waals surface area contributed by atoms with E-state index in [1.807, 2.05) is 4.90 Å². The van der Waals surface area contributed by atoms with E-state index in [0.29, 0.717) is 12.1 Å². The minimum Gasteiger partial charge on any atom is -0.447 e. The van der Waals surface area contributed by atoms with Crippen LogP contribution in [-0.2, 0) is 4.74 Å². The van der Waals surface area contributed by atoms with Crippen molar-refractivity contribution in [3.8, 4) is 0 Å². The second-order valence-corrected chi connectivity index (χ2v) is 4.84. The van der Waals surface area contributed by atoms with Crippen molar-refractivity contribution in [2.24, 2.45) is 5.92 Å². The number of ether oxygens (including phenoxy) is 1. The van der Waals surface area contributed by atoms with Crippen LogP contribution in [0.25, 0.3) is 0 Å². The Morgan fingerprint density at radius 2 is 2.00 bits per heavy atom. The highest BCUT2D eigenvalue weighted by molar-refractivity contribution is 5.69. The summed E-state index contributed by atoms with van der Waals surface area (Å²) in [7, 11) is 0. The lowest BCUT2D eigenvalue weighted by atomic mass is 9.89. The van der Waals surface area contributed by atoms with Gasteiger partial charge in [-0.2, -0.15) is 0 Å². The molecule has 2 bridgehead atoms. The first-order valence-corrected chi connectivity index (χ1v) is 6.27. The molecular formula is C12H20FNO2. The lowest BCUT2D eigenvalue weighted by Crippen LogP contribution is -2.46. The topological polar surface area (TPSA) is 29.5 Å². The normalized spacial score (nSPS) is 32.9. The number of carbonyl (C=O) groups excluding carboxylic acids is 1. The van der Waals surface area contributed by atoms with Gasteiger partial charge in [0.25, 0.3) is 0 Å². The molecule has 2 saturated heterocycles. The Hall–Kier alpha value is -0.800. The number of rotatable bonds is 3. The van der Waals surface area contributed by atoms with Crippen molar-refractivity contribution in [2.45, 2.75) is 51.1 Å². The van der Waals surface area contributed by atoms with Crippen molar-refractivity contribution < 1.29 is 13.9 Å². The van der Waals surface area contributed by atoms with E-state index in [1.54, 1.807) is 0 Å². The Morgan fingerprint density at radius 3 is 2.50 bits per heavy atom. The summed E-state index contributed by atoms with van der Waals surface area (Å²) in [5.41, 5.74) is 0. The standard InChI is InChI=1S/C12H20FNO2/c1-2-9-7-10-3-4-11(8-9)14(10)12(15)16-6-5-13/h9-11H,2-8H2,1H3. The Balaban J connectivity index is 1.94. The van der Waals surface area contributed by atoms with Gasteiger partial charge in [0.15, 0.2) is 0 Å². The number of hydrogen-bond acceptors (Lipinski definition) is 2. The Labute approximate surface area is 95.9 Å². The van der Waals surface area contributed by atoms with Gasteiger partial charge in [-0.25, -0.2) is 9.18 Å². The number of alkyl halides is 1. The molecule has 0 aliphatic carbocycles. The molecule has 2 atom stereocenters. The van der Waals surface area contributed by atoms with Gasteiger partial charge in [-0.3, -0.25) is 0 Å². The van der Waals surface area contributed by atoms with Gasteiger partial charge in [0, 0.05) is 12.1 Å². The van der Waals surface area contributed by atoms with Gasteiger partial charge in [-0.15, -0.1) is 0 Å². The molecule has 0 aromatic carbocycles. The molecular weight excluding hydrogens is 209 g/mol. The van der Waals surface area contributed by atoms with Crippen LogP contribution < -0.4 is 0 Å². The molecule has 1 amide bonds. The number of piperidine rings is 1. The zero-order chi connectivity index (χ0) is 11.5. The van der Waals surface area contributed by atoms with Crippen LogP contribution in [0.15, 0.2) is 0 Å². The van der Waals surface area contributed by atoms with Crippen molar-refractivity contribution >= 4 is 6.09 Å². The first kappa shape index (κ1) is 11.7. The van der Waals surface area contributed by atoms with E-state index in [0.717, 1.165) is 31.6 Å². The molecule has 2 unspecified atom stereocenters. The molecule has 2 aliphatic heterocycles. The highest BCUT2D eigenvalue weighted by Gasteiger charge is 2.43. The second kappa shape index (κ2) is 5.02. The van der Waals surface area contributed by atoms with E-state index < -0.39 is 6.67 Å². The fourth-order valence-corrected chi connectivity index (χ4v) is 3.12. The van der Waals surface area contributed by atoms with E-state index in [9.17, 15) is 9.18 Å². The van der Waals surface area contributed by atoms with Gasteiger partial charge in [0.05, 0.1) is 0 Å². The third kappa shape index (κ3) is 2.15. The highest BCUT2D eigenvalue weighted by atomic mass is 19.1. The molecule has 2 fully saturated rings. The second-order valence-electron chi connectivity index (χ2n) is 4.84. The zero-order valence-corrected chi connectivity index (χ0v) is 9.82. The van der Waals surface area contributed by atoms with Gasteiger partial charge < -0.3 is 9.64 Å². The summed E-state index contributed by atoms with van der Waals surface area (Å²) < 4.78 is 16.8. The Morgan fingerprint density at radius 1 is 1.38 bits per heavy atom. The number of nitrogens with zero attached hydrogens (tertiary/aromatic N) is 1. The van der Waals surface area contributed by atoms with Gasteiger partial charge in [0.2, 0.25) is 0 Å². The largest absolute Gasteiger partial charge is 0.447 e. The van der Waals surface area contributed by atoms with Crippen molar-refractivity contribution in [2.75, 3.05) is 13.3 Å². The Kier molecular flexibility index (Phi) is 3.66. The van der Waals surface area contributed by atoms with Crippen molar-refractivity contribution in [1.82, 2.24) is 4.90 Å². The molecule has 0 aromatic rings. The smallest absolute Gasteiger partial charge is 0.410 e. The van der Waals surface area contributed by atoms with Crippen LogP contribution in [0.4, 0.5) is 9.18 Å². The predicted octanol–water partition coefficient (Wildman–Crippen LogP) is 2.75. The minimum absolute atomic E-state index is 0.105.